The highest BCUT2D eigenvalue weighted by atomic mass is 15.2. The van der Waals surface area contributed by atoms with Gasteiger partial charge in [0.1, 0.15) is 0 Å². The van der Waals surface area contributed by atoms with E-state index >= 15 is 0 Å². The van der Waals surface area contributed by atoms with Crippen molar-refractivity contribution in [3.63, 3.8) is 0 Å². The van der Waals surface area contributed by atoms with Crippen LogP contribution in [0.3, 0.4) is 0 Å². The van der Waals surface area contributed by atoms with Gasteiger partial charge in [-0.3, -0.25) is 4.90 Å². The molecule has 2 nitrogen and oxygen atoms in total. The van der Waals surface area contributed by atoms with E-state index in [1.54, 1.807) is 0 Å². The topological polar surface area (TPSA) is 29.3 Å². The lowest BCUT2D eigenvalue weighted by atomic mass is 9.85. The van der Waals surface area contributed by atoms with Crippen LogP contribution in [0.15, 0.2) is 0 Å². The standard InChI is InChI=1S/C14H28N2/c1-14(2,3)13(8-15)16(9-11-4-5-11)10-12-6-7-12/h11-13H,4-10,15H2,1-3H3. The number of hydrogen-bond acceptors (Lipinski definition) is 2. The maximum Gasteiger partial charge on any atom is 0.0267 e. The van der Waals surface area contributed by atoms with Crippen molar-refractivity contribution in [3.05, 3.63) is 0 Å². The Kier molecular flexibility index (Phi) is 3.60. The third-order valence-electron chi connectivity index (χ3n) is 4.04. The molecule has 0 bridgehead atoms. The molecular formula is C14H28N2. The molecule has 0 aromatic rings. The van der Waals surface area contributed by atoms with E-state index in [-0.39, 0.29) is 0 Å². The Morgan fingerprint density at radius 3 is 1.75 bits per heavy atom. The zero-order valence-electron chi connectivity index (χ0n) is 11.2. The molecule has 16 heavy (non-hydrogen) atoms. The van der Waals surface area contributed by atoms with Crippen molar-refractivity contribution in [2.45, 2.75) is 52.5 Å². The Hall–Kier alpha value is -0.0800. The van der Waals surface area contributed by atoms with Crippen LogP contribution in [-0.2, 0) is 0 Å². The highest BCUT2D eigenvalue weighted by Gasteiger charge is 2.36. The Bertz CT molecular complexity index is 209. The molecular weight excluding hydrogens is 196 g/mol. The first-order chi connectivity index (χ1) is 7.50. The maximum absolute atomic E-state index is 6.01. The molecule has 94 valence electrons. The highest BCUT2D eigenvalue weighted by Crippen LogP contribution is 2.36. The molecule has 2 rings (SSSR count). The molecule has 2 heteroatoms. The zero-order chi connectivity index (χ0) is 11.8. The summed E-state index contributed by atoms with van der Waals surface area (Å²) in [5.41, 5.74) is 6.33. The van der Waals surface area contributed by atoms with Gasteiger partial charge in [-0.25, -0.2) is 0 Å². The van der Waals surface area contributed by atoms with Gasteiger partial charge in [-0.1, -0.05) is 20.8 Å². The minimum Gasteiger partial charge on any atom is -0.329 e. The van der Waals surface area contributed by atoms with Crippen LogP contribution in [0.2, 0.25) is 0 Å². The molecule has 1 unspecified atom stereocenters. The highest BCUT2D eigenvalue weighted by molar-refractivity contribution is 4.90. The third kappa shape index (κ3) is 3.46. The van der Waals surface area contributed by atoms with Crippen LogP contribution in [0.1, 0.15) is 46.5 Å². The first-order valence-electron chi connectivity index (χ1n) is 6.95. The number of nitrogens with zero attached hydrogens (tertiary/aromatic N) is 1. The van der Waals surface area contributed by atoms with Gasteiger partial charge < -0.3 is 5.73 Å². The Labute approximate surface area is 101 Å². The van der Waals surface area contributed by atoms with Gasteiger partial charge in [0, 0.05) is 25.7 Å². The molecule has 0 radical (unpaired) electrons. The predicted octanol–water partition coefficient (Wildman–Crippen LogP) is 2.48. The van der Waals surface area contributed by atoms with E-state index in [1.165, 1.54) is 38.8 Å². The molecule has 0 aliphatic heterocycles. The van der Waals surface area contributed by atoms with Crippen molar-refractivity contribution in [3.8, 4) is 0 Å². The molecule has 0 spiro atoms. The van der Waals surface area contributed by atoms with Crippen LogP contribution in [0.25, 0.3) is 0 Å². The average Bonchev–Trinajstić information content (AvgIpc) is 2.96. The molecule has 2 fully saturated rings. The van der Waals surface area contributed by atoms with Gasteiger partial charge in [-0.15, -0.1) is 0 Å². The summed E-state index contributed by atoms with van der Waals surface area (Å²) in [6.07, 6.45) is 5.79. The maximum atomic E-state index is 6.01. The quantitative estimate of drug-likeness (QED) is 0.751. The number of rotatable bonds is 6. The lowest BCUT2D eigenvalue weighted by molar-refractivity contribution is 0.0949. The largest absolute Gasteiger partial charge is 0.329 e. The second kappa shape index (κ2) is 4.66. The van der Waals surface area contributed by atoms with Crippen LogP contribution in [0, 0.1) is 17.3 Å². The molecule has 0 amide bonds. The molecule has 0 heterocycles. The molecule has 2 aliphatic carbocycles. The number of nitrogens with two attached hydrogens (primary N) is 1. The lowest BCUT2D eigenvalue weighted by Gasteiger charge is -2.40. The van der Waals surface area contributed by atoms with Gasteiger partial charge in [-0.2, -0.15) is 0 Å². The second-order valence-electron chi connectivity index (χ2n) is 6.96. The van der Waals surface area contributed by atoms with Crippen LogP contribution in [0.5, 0.6) is 0 Å². The molecule has 0 saturated heterocycles. The van der Waals surface area contributed by atoms with Crippen molar-refractivity contribution in [1.82, 2.24) is 4.90 Å². The van der Waals surface area contributed by atoms with E-state index in [0.717, 1.165) is 18.4 Å². The summed E-state index contributed by atoms with van der Waals surface area (Å²) in [5, 5.41) is 0. The number of hydrogen-bond donors (Lipinski definition) is 1. The van der Waals surface area contributed by atoms with Gasteiger partial charge in [-0.05, 0) is 42.9 Å². The molecule has 2 saturated carbocycles. The van der Waals surface area contributed by atoms with E-state index in [2.05, 4.69) is 25.7 Å². The summed E-state index contributed by atoms with van der Waals surface area (Å²) in [5.74, 6) is 1.96. The van der Waals surface area contributed by atoms with Crippen molar-refractivity contribution in [2.75, 3.05) is 19.6 Å². The summed E-state index contributed by atoms with van der Waals surface area (Å²) in [4.78, 5) is 2.70. The summed E-state index contributed by atoms with van der Waals surface area (Å²) < 4.78 is 0. The average molecular weight is 224 g/mol. The fourth-order valence-corrected chi connectivity index (χ4v) is 2.64. The minimum absolute atomic E-state index is 0.318. The predicted molar refractivity (Wildman–Crippen MR) is 69.3 cm³/mol. The molecule has 2 aliphatic rings. The fourth-order valence-electron chi connectivity index (χ4n) is 2.64. The van der Waals surface area contributed by atoms with E-state index in [4.69, 9.17) is 5.73 Å². The second-order valence-corrected chi connectivity index (χ2v) is 6.96. The van der Waals surface area contributed by atoms with Gasteiger partial charge in [0.25, 0.3) is 0 Å². The van der Waals surface area contributed by atoms with E-state index < -0.39 is 0 Å². The van der Waals surface area contributed by atoms with Crippen LogP contribution >= 0.6 is 0 Å². The summed E-state index contributed by atoms with van der Waals surface area (Å²) in [6, 6.07) is 0.564. The SMILES string of the molecule is CC(C)(C)C(CN)N(CC1CC1)CC1CC1. The van der Waals surface area contributed by atoms with E-state index in [0.29, 0.717) is 11.5 Å². The van der Waals surface area contributed by atoms with Crippen molar-refractivity contribution >= 4 is 0 Å². The Morgan fingerprint density at radius 2 is 1.50 bits per heavy atom. The molecule has 0 aromatic carbocycles. The Balaban J connectivity index is 1.95. The van der Waals surface area contributed by atoms with Crippen molar-refractivity contribution < 1.29 is 0 Å². The first-order valence-corrected chi connectivity index (χ1v) is 6.95. The monoisotopic (exact) mass is 224 g/mol. The van der Waals surface area contributed by atoms with E-state index in [1.807, 2.05) is 0 Å². The first kappa shape index (κ1) is 12.4. The molecule has 2 N–H and O–H groups in total. The molecule has 1 atom stereocenters. The normalized spacial score (nSPS) is 23.8. The summed E-state index contributed by atoms with van der Waals surface area (Å²) in [7, 11) is 0. The zero-order valence-corrected chi connectivity index (χ0v) is 11.2. The van der Waals surface area contributed by atoms with Gasteiger partial charge in [0.2, 0.25) is 0 Å². The van der Waals surface area contributed by atoms with Gasteiger partial charge in [0.05, 0.1) is 0 Å². The third-order valence-corrected chi connectivity index (χ3v) is 4.04. The van der Waals surface area contributed by atoms with Gasteiger partial charge in [0.15, 0.2) is 0 Å². The Morgan fingerprint density at radius 1 is 1.06 bits per heavy atom. The van der Waals surface area contributed by atoms with Gasteiger partial charge >= 0.3 is 0 Å². The van der Waals surface area contributed by atoms with Crippen LogP contribution < -0.4 is 5.73 Å². The summed E-state index contributed by atoms with van der Waals surface area (Å²) in [6.45, 7) is 10.4. The summed E-state index contributed by atoms with van der Waals surface area (Å²) >= 11 is 0. The molecule has 0 aromatic heterocycles. The van der Waals surface area contributed by atoms with E-state index in [9.17, 15) is 0 Å². The fraction of sp³-hybridized carbons (Fsp3) is 1.00. The smallest absolute Gasteiger partial charge is 0.0267 e. The minimum atomic E-state index is 0.318. The van der Waals surface area contributed by atoms with Crippen molar-refractivity contribution in [2.24, 2.45) is 23.0 Å². The van der Waals surface area contributed by atoms with Crippen LogP contribution in [0.4, 0.5) is 0 Å². The van der Waals surface area contributed by atoms with Crippen molar-refractivity contribution in [1.29, 1.82) is 0 Å². The lowest BCUT2D eigenvalue weighted by Crippen LogP contribution is -2.50. The van der Waals surface area contributed by atoms with Crippen LogP contribution in [-0.4, -0.2) is 30.6 Å².